The van der Waals surface area contributed by atoms with Gasteiger partial charge >= 0.3 is 5.97 Å². The number of carbonyl (C=O) groups is 2. The van der Waals surface area contributed by atoms with Gasteiger partial charge in [-0.05, 0) is 35.4 Å². The van der Waals surface area contributed by atoms with E-state index >= 15 is 0 Å². The van der Waals surface area contributed by atoms with E-state index in [1.165, 1.54) is 0 Å². The monoisotopic (exact) mass is 347 g/mol. The number of carboxylic acid groups (broad SMARTS) is 1. The summed E-state index contributed by atoms with van der Waals surface area (Å²) in [5.41, 5.74) is 2.18. The van der Waals surface area contributed by atoms with Crippen LogP contribution in [0, 0.1) is 0 Å². The summed E-state index contributed by atoms with van der Waals surface area (Å²) >= 11 is 7.44. The van der Waals surface area contributed by atoms with Gasteiger partial charge in [0.2, 0.25) is 5.91 Å². The Morgan fingerprint density at radius 1 is 1.17 bits per heavy atom. The summed E-state index contributed by atoms with van der Waals surface area (Å²) in [5, 5.41) is 9.54. The number of halogens is 1. The Morgan fingerprint density at radius 3 is 2.43 bits per heavy atom. The zero-order chi connectivity index (χ0) is 16.4. The van der Waals surface area contributed by atoms with Crippen LogP contribution in [0.3, 0.4) is 0 Å². The van der Waals surface area contributed by atoms with Crippen molar-refractivity contribution in [3.05, 3.63) is 70.2 Å². The van der Waals surface area contributed by atoms with Gasteiger partial charge in [-0.2, -0.15) is 0 Å². The number of nitrogens with zero attached hydrogens (tertiary/aromatic N) is 1. The summed E-state index contributed by atoms with van der Waals surface area (Å²) in [5.74, 6) is -0.444. The minimum absolute atomic E-state index is 0.0808. The Morgan fingerprint density at radius 2 is 1.83 bits per heavy atom. The molecule has 1 heterocycles. The van der Waals surface area contributed by atoms with E-state index in [4.69, 9.17) is 16.7 Å². The first-order valence-corrected chi connectivity index (χ1v) is 8.46. The number of benzene rings is 2. The zero-order valence-corrected chi connectivity index (χ0v) is 13.7. The van der Waals surface area contributed by atoms with Crippen molar-refractivity contribution in [2.75, 3.05) is 5.75 Å². The molecule has 2 aromatic carbocycles. The molecule has 1 unspecified atom stereocenters. The van der Waals surface area contributed by atoms with E-state index in [1.807, 2.05) is 17.0 Å². The standard InChI is InChI=1S/C17H14ClNO3S/c18-14-7-1-11(2-8-14)9-19-15(20)10-23-16(19)12-3-5-13(6-4-12)17(21)22/h1-8,16H,9-10H2,(H,21,22). The lowest BCUT2D eigenvalue weighted by molar-refractivity contribution is -0.128. The first kappa shape index (κ1) is 15.9. The average Bonchev–Trinajstić information content (AvgIpc) is 2.91. The number of thioether (sulfide) groups is 1. The fourth-order valence-corrected chi connectivity index (χ4v) is 3.79. The fraction of sp³-hybridized carbons (Fsp3) is 0.176. The molecule has 1 N–H and O–H groups in total. The van der Waals surface area contributed by atoms with Crippen LogP contribution in [0.1, 0.15) is 26.9 Å². The van der Waals surface area contributed by atoms with Gasteiger partial charge in [-0.1, -0.05) is 35.9 Å². The summed E-state index contributed by atoms with van der Waals surface area (Å²) in [6.07, 6.45) is 0. The van der Waals surface area contributed by atoms with Crippen molar-refractivity contribution < 1.29 is 14.7 Å². The second-order valence-corrected chi connectivity index (χ2v) is 6.74. The fourth-order valence-electron chi connectivity index (χ4n) is 2.48. The van der Waals surface area contributed by atoms with Crippen LogP contribution in [0.5, 0.6) is 0 Å². The van der Waals surface area contributed by atoms with E-state index in [0.717, 1.165) is 11.1 Å². The molecule has 4 nitrogen and oxygen atoms in total. The zero-order valence-electron chi connectivity index (χ0n) is 12.1. The van der Waals surface area contributed by atoms with Gasteiger partial charge in [0.1, 0.15) is 5.37 Å². The third kappa shape index (κ3) is 3.51. The predicted molar refractivity (Wildman–Crippen MR) is 90.6 cm³/mol. The minimum atomic E-state index is -0.954. The van der Waals surface area contributed by atoms with Crippen molar-refractivity contribution in [2.45, 2.75) is 11.9 Å². The molecule has 1 atom stereocenters. The molecule has 0 radical (unpaired) electrons. The van der Waals surface area contributed by atoms with Crippen LogP contribution in [0.25, 0.3) is 0 Å². The largest absolute Gasteiger partial charge is 0.478 e. The lowest BCUT2D eigenvalue weighted by Crippen LogP contribution is -2.27. The maximum Gasteiger partial charge on any atom is 0.335 e. The summed E-state index contributed by atoms with van der Waals surface area (Å²) in [4.78, 5) is 24.9. The molecule has 6 heteroatoms. The third-order valence-electron chi connectivity index (χ3n) is 3.68. The highest BCUT2D eigenvalue weighted by molar-refractivity contribution is 8.00. The number of carboxylic acids is 1. The van der Waals surface area contributed by atoms with Gasteiger partial charge in [0.25, 0.3) is 0 Å². The second-order valence-electron chi connectivity index (χ2n) is 5.24. The molecule has 0 saturated carbocycles. The topological polar surface area (TPSA) is 57.6 Å². The summed E-state index contributed by atoms with van der Waals surface area (Å²) in [6, 6.07) is 14.1. The SMILES string of the molecule is O=C(O)c1ccc(C2SCC(=O)N2Cc2ccc(Cl)cc2)cc1. The van der Waals surface area contributed by atoms with E-state index in [0.29, 0.717) is 17.3 Å². The molecule has 0 bridgehead atoms. The number of amides is 1. The Hall–Kier alpha value is -1.98. The molecule has 23 heavy (non-hydrogen) atoms. The first-order valence-electron chi connectivity index (χ1n) is 7.03. The van der Waals surface area contributed by atoms with E-state index in [-0.39, 0.29) is 16.8 Å². The number of hydrogen-bond donors (Lipinski definition) is 1. The first-order chi connectivity index (χ1) is 11.0. The molecular weight excluding hydrogens is 334 g/mol. The molecule has 3 rings (SSSR count). The normalized spacial score (nSPS) is 17.5. The van der Waals surface area contributed by atoms with Crippen molar-refractivity contribution in [1.82, 2.24) is 4.90 Å². The lowest BCUT2D eigenvalue weighted by atomic mass is 10.1. The van der Waals surface area contributed by atoms with Crippen LogP contribution in [0.4, 0.5) is 0 Å². The van der Waals surface area contributed by atoms with Crippen LogP contribution in [0.15, 0.2) is 48.5 Å². The van der Waals surface area contributed by atoms with E-state index < -0.39 is 5.97 Å². The van der Waals surface area contributed by atoms with Crippen LogP contribution >= 0.6 is 23.4 Å². The molecule has 118 valence electrons. The van der Waals surface area contributed by atoms with Crippen LogP contribution in [-0.4, -0.2) is 27.6 Å². The number of hydrogen-bond acceptors (Lipinski definition) is 3. The van der Waals surface area contributed by atoms with E-state index in [2.05, 4.69) is 0 Å². The lowest BCUT2D eigenvalue weighted by Gasteiger charge is -2.24. The molecule has 1 saturated heterocycles. The van der Waals surface area contributed by atoms with Gasteiger partial charge in [-0.3, -0.25) is 4.79 Å². The molecule has 1 aliphatic heterocycles. The van der Waals surface area contributed by atoms with E-state index in [9.17, 15) is 9.59 Å². The predicted octanol–water partition coefficient (Wildman–Crippen LogP) is 3.81. The van der Waals surface area contributed by atoms with Crippen molar-refractivity contribution in [3.63, 3.8) is 0 Å². The third-order valence-corrected chi connectivity index (χ3v) is 5.19. The summed E-state index contributed by atoms with van der Waals surface area (Å²) in [6.45, 7) is 0.508. The van der Waals surface area contributed by atoms with E-state index in [1.54, 1.807) is 48.2 Å². The highest BCUT2D eigenvalue weighted by atomic mass is 35.5. The van der Waals surface area contributed by atoms with Gasteiger partial charge < -0.3 is 10.0 Å². The van der Waals surface area contributed by atoms with Crippen molar-refractivity contribution in [3.8, 4) is 0 Å². The van der Waals surface area contributed by atoms with Crippen LogP contribution < -0.4 is 0 Å². The maximum atomic E-state index is 12.2. The molecule has 1 aliphatic rings. The molecule has 0 spiro atoms. The van der Waals surface area contributed by atoms with Gasteiger partial charge in [0, 0.05) is 11.6 Å². The van der Waals surface area contributed by atoms with Crippen molar-refractivity contribution >= 4 is 35.2 Å². The van der Waals surface area contributed by atoms with Gasteiger partial charge in [-0.25, -0.2) is 4.79 Å². The van der Waals surface area contributed by atoms with Gasteiger partial charge in [-0.15, -0.1) is 11.8 Å². The summed E-state index contributed by atoms with van der Waals surface area (Å²) in [7, 11) is 0. The molecule has 2 aromatic rings. The number of aromatic carboxylic acids is 1. The molecule has 0 aliphatic carbocycles. The molecular formula is C17H14ClNO3S. The maximum absolute atomic E-state index is 12.2. The number of rotatable bonds is 4. The smallest absolute Gasteiger partial charge is 0.335 e. The van der Waals surface area contributed by atoms with Gasteiger partial charge in [0.15, 0.2) is 0 Å². The minimum Gasteiger partial charge on any atom is -0.478 e. The van der Waals surface area contributed by atoms with Crippen molar-refractivity contribution in [2.24, 2.45) is 0 Å². The Labute approximate surface area is 143 Å². The average molecular weight is 348 g/mol. The van der Waals surface area contributed by atoms with Crippen LogP contribution in [-0.2, 0) is 11.3 Å². The number of carbonyl (C=O) groups excluding carboxylic acids is 1. The van der Waals surface area contributed by atoms with Gasteiger partial charge in [0.05, 0.1) is 11.3 Å². The Bertz CT molecular complexity index is 731. The Balaban J connectivity index is 1.81. The van der Waals surface area contributed by atoms with Crippen molar-refractivity contribution in [1.29, 1.82) is 0 Å². The quantitative estimate of drug-likeness (QED) is 0.913. The molecule has 1 fully saturated rings. The molecule has 1 amide bonds. The van der Waals surface area contributed by atoms with Crippen LogP contribution in [0.2, 0.25) is 5.02 Å². The molecule has 0 aromatic heterocycles. The highest BCUT2D eigenvalue weighted by Crippen LogP contribution is 2.39. The summed E-state index contributed by atoms with van der Waals surface area (Å²) < 4.78 is 0. The second kappa shape index (κ2) is 6.64. The Kier molecular flexibility index (Phi) is 4.59. The highest BCUT2D eigenvalue weighted by Gasteiger charge is 2.32.